The molecular formula is C7H4Cl2KO2. The smallest absolute Gasteiger partial charge is 0.335 e. The number of hydrogen-bond acceptors (Lipinski definition) is 1. The molecule has 0 saturated carbocycles. The fourth-order valence-electron chi connectivity index (χ4n) is 0.629. The van der Waals surface area contributed by atoms with Crippen LogP contribution in [0.3, 0.4) is 0 Å². The molecule has 1 N–H and O–H groups in total. The van der Waals surface area contributed by atoms with Crippen molar-refractivity contribution < 1.29 is 9.90 Å². The monoisotopic (exact) mass is 229 g/mol. The number of carboxylic acid groups (broad SMARTS) is 1. The second kappa shape index (κ2) is 5.60. The number of rotatable bonds is 1. The maximum Gasteiger partial charge on any atom is 0.335 e. The first-order chi connectivity index (χ1) is 5.11. The standard InChI is InChI=1S/C7H4Cl2O2.K/c8-5-2-1-4(7(10)11)3-6(5)9;/h1-3H,(H,10,11);. The fourth-order valence-corrected chi connectivity index (χ4v) is 0.927. The van der Waals surface area contributed by atoms with Crippen LogP contribution in [0.4, 0.5) is 0 Å². The summed E-state index contributed by atoms with van der Waals surface area (Å²) in [5.74, 6) is -1.01. The van der Waals surface area contributed by atoms with Crippen LogP contribution in [-0.4, -0.2) is 62.5 Å². The van der Waals surface area contributed by atoms with E-state index in [0.717, 1.165) is 0 Å². The van der Waals surface area contributed by atoms with Gasteiger partial charge in [0.1, 0.15) is 0 Å². The summed E-state index contributed by atoms with van der Waals surface area (Å²) in [5.41, 5.74) is 0.138. The Morgan fingerprint density at radius 3 is 2.25 bits per heavy atom. The molecule has 59 valence electrons. The molecular weight excluding hydrogens is 226 g/mol. The van der Waals surface area contributed by atoms with E-state index >= 15 is 0 Å². The van der Waals surface area contributed by atoms with Gasteiger partial charge in [0.15, 0.2) is 0 Å². The van der Waals surface area contributed by atoms with E-state index in [1.807, 2.05) is 0 Å². The molecule has 5 heteroatoms. The summed E-state index contributed by atoms with van der Waals surface area (Å²) in [6.45, 7) is 0. The number of aromatic carboxylic acids is 1. The predicted molar refractivity (Wildman–Crippen MR) is 49.2 cm³/mol. The van der Waals surface area contributed by atoms with Gasteiger partial charge in [0, 0.05) is 51.4 Å². The van der Waals surface area contributed by atoms with Gasteiger partial charge in [-0.2, -0.15) is 0 Å². The average molecular weight is 230 g/mol. The Morgan fingerprint density at radius 2 is 1.83 bits per heavy atom. The zero-order valence-corrected chi connectivity index (χ0v) is 11.0. The van der Waals surface area contributed by atoms with Crippen molar-refractivity contribution in [2.24, 2.45) is 0 Å². The average Bonchev–Trinajstić information content (AvgIpc) is 1.94. The normalized spacial score (nSPS) is 8.83. The van der Waals surface area contributed by atoms with Gasteiger partial charge in [-0.05, 0) is 18.2 Å². The van der Waals surface area contributed by atoms with Crippen molar-refractivity contribution in [1.82, 2.24) is 0 Å². The van der Waals surface area contributed by atoms with E-state index in [-0.39, 0.29) is 62.0 Å². The van der Waals surface area contributed by atoms with Crippen LogP contribution in [0, 0.1) is 0 Å². The van der Waals surface area contributed by atoms with Crippen molar-refractivity contribution in [2.75, 3.05) is 0 Å². The first kappa shape index (κ1) is 12.9. The Hall–Kier alpha value is 0.906. The van der Waals surface area contributed by atoms with Crippen LogP contribution in [0.5, 0.6) is 0 Å². The van der Waals surface area contributed by atoms with Crippen molar-refractivity contribution in [3.8, 4) is 0 Å². The molecule has 0 heterocycles. The zero-order valence-electron chi connectivity index (χ0n) is 6.34. The Balaban J connectivity index is 0.00000121. The summed E-state index contributed by atoms with van der Waals surface area (Å²) in [4.78, 5) is 10.4. The van der Waals surface area contributed by atoms with E-state index in [1.54, 1.807) is 0 Å². The maximum atomic E-state index is 10.4. The SMILES string of the molecule is O=C(O)c1ccc(Cl)c(Cl)c1.[K]. The maximum absolute atomic E-state index is 10.4. The molecule has 1 aromatic rings. The van der Waals surface area contributed by atoms with Gasteiger partial charge in [-0.25, -0.2) is 4.79 Å². The molecule has 0 unspecified atom stereocenters. The number of carboxylic acids is 1. The summed E-state index contributed by atoms with van der Waals surface area (Å²) >= 11 is 11.1. The van der Waals surface area contributed by atoms with Gasteiger partial charge < -0.3 is 5.11 Å². The van der Waals surface area contributed by atoms with Gasteiger partial charge in [0.05, 0.1) is 15.6 Å². The molecule has 12 heavy (non-hydrogen) atoms. The molecule has 1 radical (unpaired) electrons. The molecule has 0 atom stereocenters. The van der Waals surface area contributed by atoms with Crippen molar-refractivity contribution in [2.45, 2.75) is 0 Å². The molecule has 0 amide bonds. The van der Waals surface area contributed by atoms with Gasteiger partial charge in [-0.15, -0.1) is 0 Å². The number of halogens is 2. The minimum atomic E-state index is -1.01. The summed E-state index contributed by atoms with van der Waals surface area (Å²) in [7, 11) is 0. The molecule has 0 aromatic heterocycles. The van der Waals surface area contributed by atoms with E-state index in [1.165, 1.54) is 18.2 Å². The van der Waals surface area contributed by atoms with Gasteiger partial charge in [-0.3, -0.25) is 0 Å². The van der Waals surface area contributed by atoms with Gasteiger partial charge in [0.2, 0.25) is 0 Å². The summed E-state index contributed by atoms with van der Waals surface area (Å²) in [5, 5.41) is 9.11. The minimum Gasteiger partial charge on any atom is -0.478 e. The second-order valence-electron chi connectivity index (χ2n) is 1.93. The fraction of sp³-hybridized carbons (Fsp3) is 0. The Morgan fingerprint density at radius 1 is 1.25 bits per heavy atom. The van der Waals surface area contributed by atoms with E-state index in [4.69, 9.17) is 28.3 Å². The number of carbonyl (C=O) groups is 1. The quantitative estimate of drug-likeness (QED) is 0.751. The van der Waals surface area contributed by atoms with Crippen LogP contribution < -0.4 is 0 Å². The molecule has 0 bridgehead atoms. The molecule has 0 aliphatic heterocycles. The molecule has 0 spiro atoms. The predicted octanol–water partition coefficient (Wildman–Crippen LogP) is 2.31. The van der Waals surface area contributed by atoms with Crippen LogP contribution in [0.15, 0.2) is 18.2 Å². The second-order valence-corrected chi connectivity index (χ2v) is 2.75. The first-order valence-corrected chi connectivity index (χ1v) is 3.55. The molecule has 0 fully saturated rings. The van der Waals surface area contributed by atoms with Crippen molar-refractivity contribution >= 4 is 80.6 Å². The third-order valence-corrected chi connectivity index (χ3v) is 1.91. The van der Waals surface area contributed by atoms with Crippen molar-refractivity contribution in [3.05, 3.63) is 33.8 Å². The van der Waals surface area contributed by atoms with Gasteiger partial charge in [0.25, 0.3) is 0 Å². The molecule has 0 aliphatic rings. The van der Waals surface area contributed by atoms with Gasteiger partial charge in [-0.1, -0.05) is 23.2 Å². The van der Waals surface area contributed by atoms with E-state index in [0.29, 0.717) is 5.02 Å². The minimum absolute atomic E-state index is 0. The summed E-state index contributed by atoms with van der Waals surface area (Å²) in [6.07, 6.45) is 0. The molecule has 1 aromatic carbocycles. The Labute approximate surface area is 122 Å². The zero-order chi connectivity index (χ0) is 8.43. The van der Waals surface area contributed by atoms with Crippen molar-refractivity contribution in [1.29, 1.82) is 0 Å². The van der Waals surface area contributed by atoms with E-state index < -0.39 is 5.97 Å². The third kappa shape index (κ3) is 3.34. The van der Waals surface area contributed by atoms with Gasteiger partial charge >= 0.3 is 5.97 Å². The van der Waals surface area contributed by atoms with Crippen molar-refractivity contribution in [3.63, 3.8) is 0 Å². The summed E-state index contributed by atoms with van der Waals surface area (Å²) < 4.78 is 0. The number of benzene rings is 1. The topological polar surface area (TPSA) is 37.3 Å². The van der Waals surface area contributed by atoms with Crippen LogP contribution >= 0.6 is 23.2 Å². The Bertz CT molecular complexity index is 301. The molecule has 1 rings (SSSR count). The van der Waals surface area contributed by atoms with Crippen LogP contribution in [0.2, 0.25) is 10.0 Å². The largest absolute Gasteiger partial charge is 0.478 e. The summed E-state index contributed by atoms with van der Waals surface area (Å²) in [6, 6.07) is 4.16. The van der Waals surface area contributed by atoms with Crippen LogP contribution in [0.25, 0.3) is 0 Å². The molecule has 0 aliphatic carbocycles. The third-order valence-electron chi connectivity index (χ3n) is 1.17. The van der Waals surface area contributed by atoms with Crippen LogP contribution in [-0.2, 0) is 0 Å². The Kier molecular flexibility index (Phi) is 6.02. The number of hydrogen-bond donors (Lipinski definition) is 1. The molecule has 0 saturated heterocycles. The van der Waals surface area contributed by atoms with E-state index in [2.05, 4.69) is 0 Å². The first-order valence-electron chi connectivity index (χ1n) is 2.79. The van der Waals surface area contributed by atoms with E-state index in [9.17, 15) is 4.79 Å². The molecule has 2 nitrogen and oxygen atoms in total. The van der Waals surface area contributed by atoms with Crippen LogP contribution in [0.1, 0.15) is 10.4 Å².